The Balaban J connectivity index is 1.42. The molecule has 0 spiro atoms. The Bertz CT molecular complexity index is 920. The van der Waals surface area contributed by atoms with Crippen molar-refractivity contribution in [3.05, 3.63) is 48.0 Å². The van der Waals surface area contributed by atoms with Crippen molar-refractivity contribution >= 4 is 5.91 Å². The lowest BCUT2D eigenvalue weighted by Crippen LogP contribution is -2.38. The second-order valence-electron chi connectivity index (χ2n) is 6.59. The highest BCUT2D eigenvalue weighted by atomic mass is 16.5. The maximum Gasteiger partial charge on any atom is 0.283 e. The predicted octanol–water partition coefficient (Wildman–Crippen LogP) is 3.37. The average molecular weight is 383 g/mol. The van der Waals surface area contributed by atoms with Gasteiger partial charge >= 0.3 is 0 Å². The van der Waals surface area contributed by atoms with Crippen LogP contribution in [0.1, 0.15) is 35.0 Å². The predicted molar refractivity (Wildman–Crippen MR) is 99.4 cm³/mol. The van der Waals surface area contributed by atoms with Gasteiger partial charge in [0.05, 0.1) is 20.5 Å². The molecule has 3 aromatic rings. The summed E-state index contributed by atoms with van der Waals surface area (Å²) in [5.74, 6) is 2.78. The van der Waals surface area contributed by atoms with Crippen molar-refractivity contribution in [2.75, 3.05) is 27.3 Å². The summed E-state index contributed by atoms with van der Waals surface area (Å²) in [6.45, 7) is 1.23. The number of furan rings is 1. The second kappa shape index (κ2) is 7.75. The Morgan fingerprint density at radius 3 is 2.43 bits per heavy atom. The van der Waals surface area contributed by atoms with E-state index in [9.17, 15) is 4.79 Å². The molecule has 1 aliphatic heterocycles. The topological polar surface area (TPSA) is 90.8 Å². The van der Waals surface area contributed by atoms with Crippen molar-refractivity contribution in [1.82, 2.24) is 15.1 Å². The molecule has 8 nitrogen and oxygen atoms in total. The van der Waals surface area contributed by atoms with E-state index in [4.69, 9.17) is 18.3 Å². The zero-order valence-electron chi connectivity index (χ0n) is 15.8. The SMILES string of the molecule is COc1cc(OC)cc(C(=O)N2CCC(c3nnc(-c4ccco4)o3)CC2)c1. The second-order valence-corrected chi connectivity index (χ2v) is 6.59. The smallest absolute Gasteiger partial charge is 0.283 e. The molecule has 2 aromatic heterocycles. The average Bonchev–Trinajstić information content (AvgIpc) is 3.44. The number of benzene rings is 1. The first-order chi connectivity index (χ1) is 13.7. The van der Waals surface area contributed by atoms with Gasteiger partial charge in [0.2, 0.25) is 5.89 Å². The van der Waals surface area contributed by atoms with Gasteiger partial charge in [-0.1, -0.05) is 0 Å². The van der Waals surface area contributed by atoms with Crippen LogP contribution in [-0.4, -0.2) is 48.3 Å². The summed E-state index contributed by atoms with van der Waals surface area (Å²) < 4.78 is 21.6. The molecule has 0 atom stereocenters. The van der Waals surface area contributed by atoms with Crippen LogP contribution in [0.5, 0.6) is 11.5 Å². The van der Waals surface area contributed by atoms with Gasteiger partial charge in [-0.05, 0) is 37.1 Å². The number of rotatable bonds is 5. The van der Waals surface area contributed by atoms with Crippen molar-refractivity contribution in [3.63, 3.8) is 0 Å². The van der Waals surface area contributed by atoms with Crippen LogP contribution in [-0.2, 0) is 0 Å². The highest BCUT2D eigenvalue weighted by Gasteiger charge is 2.28. The Labute approximate surface area is 162 Å². The summed E-state index contributed by atoms with van der Waals surface area (Å²) in [5, 5.41) is 8.21. The highest BCUT2D eigenvalue weighted by molar-refractivity contribution is 5.95. The Hall–Kier alpha value is -3.29. The zero-order chi connectivity index (χ0) is 19.5. The summed E-state index contributed by atoms with van der Waals surface area (Å²) in [5.41, 5.74) is 0.549. The van der Waals surface area contributed by atoms with Crippen LogP contribution in [0.3, 0.4) is 0 Å². The van der Waals surface area contributed by atoms with Crippen LogP contribution in [0, 0.1) is 0 Å². The van der Waals surface area contributed by atoms with Crippen LogP contribution in [0.4, 0.5) is 0 Å². The lowest BCUT2D eigenvalue weighted by molar-refractivity contribution is 0.0705. The number of amides is 1. The molecular weight excluding hydrogens is 362 g/mol. The van der Waals surface area contributed by atoms with E-state index in [1.54, 1.807) is 50.8 Å². The normalized spacial score (nSPS) is 14.9. The molecule has 0 N–H and O–H groups in total. The fourth-order valence-corrected chi connectivity index (χ4v) is 3.34. The number of carbonyl (C=O) groups is 1. The number of aromatic nitrogens is 2. The van der Waals surface area contributed by atoms with Crippen molar-refractivity contribution in [2.24, 2.45) is 0 Å². The van der Waals surface area contributed by atoms with Crippen molar-refractivity contribution in [1.29, 1.82) is 0 Å². The van der Waals surface area contributed by atoms with Crippen molar-refractivity contribution in [2.45, 2.75) is 18.8 Å². The van der Waals surface area contributed by atoms with Gasteiger partial charge in [-0.2, -0.15) is 0 Å². The van der Waals surface area contributed by atoms with Crippen LogP contribution in [0.25, 0.3) is 11.7 Å². The largest absolute Gasteiger partial charge is 0.497 e. The van der Waals surface area contributed by atoms with E-state index in [1.165, 1.54) is 0 Å². The van der Waals surface area contributed by atoms with E-state index in [0.29, 0.717) is 47.7 Å². The van der Waals surface area contributed by atoms with Crippen LogP contribution < -0.4 is 9.47 Å². The first kappa shape index (κ1) is 18.1. The van der Waals surface area contributed by atoms with Gasteiger partial charge in [0, 0.05) is 30.6 Å². The van der Waals surface area contributed by atoms with E-state index >= 15 is 0 Å². The Kier molecular flexibility index (Phi) is 5.01. The molecule has 1 aliphatic rings. The standard InChI is InChI=1S/C20H21N3O5/c1-25-15-10-14(11-16(12-15)26-2)20(24)23-7-5-13(6-8-23)18-21-22-19(28-18)17-4-3-9-27-17/h3-4,9-13H,5-8H2,1-2H3. The fraction of sp³-hybridized carbons (Fsp3) is 0.350. The Morgan fingerprint density at radius 2 is 1.82 bits per heavy atom. The maximum atomic E-state index is 12.9. The fourth-order valence-electron chi connectivity index (χ4n) is 3.34. The molecule has 146 valence electrons. The molecule has 1 amide bonds. The molecule has 3 heterocycles. The first-order valence-corrected chi connectivity index (χ1v) is 9.07. The summed E-state index contributed by atoms with van der Waals surface area (Å²) >= 11 is 0. The van der Waals surface area contributed by atoms with Gasteiger partial charge in [0.1, 0.15) is 11.5 Å². The highest BCUT2D eigenvalue weighted by Crippen LogP contribution is 2.31. The minimum absolute atomic E-state index is 0.0440. The molecular formula is C20H21N3O5. The Morgan fingerprint density at radius 1 is 1.11 bits per heavy atom. The molecule has 1 fully saturated rings. The molecule has 8 heteroatoms. The quantitative estimate of drug-likeness (QED) is 0.667. The van der Waals surface area contributed by atoms with E-state index in [-0.39, 0.29) is 11.8 Å². The number of methoxy groups -OCH3 is 2. The van der Waals surface area contributed by atoms with E-state index < -0.39 is 0 Å². The summed E-state index contributed by atoms with van der Waals surface area (Å²) in [4.78, 5) is 14.7. The molecule has 1 aromatic carbocycles. The third-order valence-corrected chi connectivity index (χ3v) is 4.90. The molecule has 0 radical (unpaired) electrons. The number of hydrogen-bond acceptors (Lipinski definition) is 7. The van der Waals surface area contributed by atoms with Crippen LogP contribution in [0.2, 0.25) is 0 Å². The van der Waals surface area contributed by atoms with Gasteiger partial charge in [0.25, 0.3) is 11.8 Å². The molecule has 1 saturated heterocycles. The van der Waals surface area contributed by atoms with Crippen molar-refractivity contribution in [3.8, 4) is 23.1 Å². The maximum absolute atomic E-state index is 12.9. The lowest BCUT2D eigenvalue weighted by Gasteiger charge is -2.30. The monoisotopic (exact) mass is 383 g/mol. The molecule has 0 bridgehead atoms. The number of carbonyl (C=O) groups excluding carboxylic acids is 1. The number of nitrogens with zero attached hydrogens (tertiary/aromatic N) is 3. The molecule has 0 saturated carbocycles. The van der Waals surface area contributed by atoms with Crippen LogP contribution >= 0.6 is 0 Å². The van der Waals surface area contributed by atoms with Gasteiger partial charge < -0.3 is 23.2 Å². The zero-order valence-corrected chi connectivity index (χ0v) is 15.8. The summed E-state index contributed by atoms with van der Waals surface area (Å²) in [7, 11) is 3.13. The van der Waals surface area contributed by atoms with Gasteiger partial charge in [0.15, 0.2) is 5.76 Å². The third-order valence-electron chi connectivity index (χ3n) is 4.90. The number of ether oxygens (including phenoxy) is 2. The number of hydrogen-bond donors (Lipinski definition) is 0. The number of piperidine rings is 1. The minimum Gasteiger partial charge on any atom is -0.497 e. The van der Waals surface area contributed by atoms with Gasteiger partial charge in [-0.15, -0.1) is 10.2 Å². The van der Waals surface area contributed by atoms with Crippen LogP contribution in [0.15, 0.2) is 45.4 Å². The molecule has 4 rings (SSSR count). The van der Waals surface area contributed by atoms with E-state index in [0.717, 1.165) is 12.8 Å². The van der Waals surface area contributed by atoms with Gasteiger partial charge in [-0.3, -0.25) is 4.79 Å². The molecule has 28 heavy (non-hydrogen) atoms. The first-order valence-electron chi connectivity index (χ1n) is 9.07. The summed E-state index contributed by atoms with van der Waals surface area (Å²) in [6.07, 6.45) is 3.08. The molecule has 0 unspecified atom stereocenters. The minimum atomic E-state index is -0.0440. The van der Waals surface area contributed by atoms with Crippen molar-refractivity contribution < 1.29 is 23.1 Å². The lowest BCUT2D eigenvalue weighted by atomic mass is 9.96. The van der Waals surface area contributed by atoms with E-state index in [2.05, 4.69) is 10.2 Å². The summed E-state index contributed by atoms with van der Waals surface area (Å²) in [6, 6.07) is 8.75. The van der Waals surface area contributed by atoms with E-state index in [1.807, 2.05) is 4.90 Å². The van der Waals surface area contributed by atoms with Gasteiger partial charge in [-0.25, -0.2) is 0 Å². The third kappa shape index (κ3) is 3.58. The number of likely N-dealkylation sites (tertiary alicyclic amines) is 1. The molecule has 0 aliphatic carbocycles.